The van der Waals surface area contributed by atoms with Gasteiger partial charge in [0.05, 0.1) is 11.9 Å². The second-order valence-corrected chi connectivity index (χ2v) is 12.6. The molecule has 0 aliphatic rings. The zero-order chi connectivity index (χ0) is 29.3. The summed E-state index contributed by atoms with van der Waals surface area (Å²) in [6, 6.07) is 23.1. The number of hydrogen-bond acceptors (Lipinski definition) is 4. The quantitative estimate of drug-likeness (QED) is 0.293. The van der Waals surface area contributed by atoms with Crippen LogP contribution in [0.1, 0.15) is 43.4 Å². The Labute approximate surface area is 243 Å². The van der Waals surface area contributed by atoms with Gasteiger partial charge in [0.2, 0.25) is 21.8 Å². The summed E-state index contributed by atoms with van der Waals surface area (Å²) in [4.78, 5) is 28.9. The zero-order valence-electron chi connectivity index (χ0n) is 23.5. The van der Waals surface area contributed by atoms with Crippen LogP contribution < -0.4 is 9.62 Å². The van der Waals surface area contributed by atoms with Gasteiger partial charge in [0.15, 0.2) is 0 Å². The van der Waals surface area contributed by atoms with Crippen LogP contribution in [0.25, 0.3) is 0 Å². The Morgan fingerprint density at radius 3 is 2.15 bits per heavy atom. The molecule has 0 aliphatic heterocycles. The van der Waals surface area contributed by atoms with Crippen LogP contribution in [0.3, 0.4) is 0 Å². The van der Waals surface area contributed by atoms with Gasteiger partial charge in [-0.3, -0.25) is 13.9 Å². The number of carbonyl (C=O) groups excluding carboxylic acids is 2. The minimum atomic E-state index is -3.56. The van der Waals surface area contributed by atoms with Crippen molar-refractivity contribution in [3.63, 3.8) is 0 Å². The summed E-state index contributed by atoms with van der Waals surface area (Å²) in [5.74, 6) is -0.506. The van der Waals surface area contributed by atoms with E-state index in [1.54, 1.807) is 23.1 Å². The fraction of sp³-hybridized carbons (Fsp3) is 0.355. The van der Waals surface area contributed by atoms with Gasteiger partial charge >= 0.3 is 0 Å². The third-order valence-electron chi connectivity index (χ3n) is 6.47. The van der Waals surface area contributed by atoms with E-state index < -0.39 is 16.1 Å². The van der Waals surface area contributed by atoms with Crippen LogP contribution in [0.15, 0.2) is 78.9 Å². The molecule has 3 rings (SSSR count). The predicted octanol–water partition coefficient (Wildman–Crippen LogP) is 5.36. The topological polar surface area (TPSA) is 86.8 Å². The van der Waals surface area contributed by atoms with E-state index in [4.69, 9.17) is 11.6 Å². The molecule has 0 aliphatic carbocycles. The lowest BCUT2D eigenvalue weighted by Crippen LogP contribution is -2.51. The molecule has 0 heterocycles. The summed E-state index contributed by atoms with van der Waals surface area (Å²) in [5.41, 5.74) is 3.22. The molecule has 2 amide bonds. The molecule has 3 aromatic rings. The van der Waals surface area contributed by atoms with E-state index in [-0.39, 0.29) is 43.8 Å². The molecule has 3 aromatic carbocycles. The molecular formula is C31H38ClN3O4S. The first-order chi connectivity index (χ1) is 19.0. The van der Waals surface area contributed by atoms with Crippen molar-refractivity contribution in [2.45, 2.75) is 58.7 Å². The van der Waals surface area contributed by atoms with E-state index in [0.29, 0.717) is 17.1 Å². The van der Waals surface area contributed by atoms with E-state index in [1.165, 1.54) is 4.31 Å². The number of rotatable bonds is 13. The normalized spacial score (nSPS) is 12.2. The van der Waals surface area contributed by atoms with Crippen LogP contribution in [0, 0.1) is 6.92 Å². The average molecular weight is 584 g/mol. The number of nitrogens with one attached hydrogen (secondary N) is 1. The van der Waals surface area contributed by atoms with E-state index >= 15 is 0 Å². The molecule has 0 aromatic heterocycles. The van der Waals surface area contributed by atoms with Gasteiger partial charge in [-0.25, -0.2) is 8.42 Å². The van der Waals surface area contributed by atoms with Gasteiger partial charge in [-0.15, -0.1) is 0 Å². The molecule has 0 fully saturated rings. The van der Waals surface area contributed by atoms with Crippen molar-refractivity contribution in [2.75, 3.05) is 17.1 Å². The van der Waals surface area contributed by atoms with E-state index in [2.05, 4.69) is 5.32 Å². The summed E-state index contributed by atoms with van der Waals surface area (Å²) < 4.78 is 26.5. The molecule has 7 nitrogen and oxygen atoms in total. The standard InChI is InChI=1S/C31H38ClN3O4S/c1-23(2)33-31(37)29(21-25-11-6-5-7-12-25)34(22-26-13-8-9-14-28(26)32)30(36)15-10-20-35(40(4,38)39)27-18-16-24(3)17-19-27/h5-9,11-14,16-19,23,29H,10,15,20-22H2,1-4H3,(H,33,37). The molecule has 0 spiro atoms. The monoisotopic (exact) mass is 583 g/mol. The molecule has 214 valence electrons. The van der Waals surface area contributed by atoms with Crippen LogP contribution in [-0.4, -0.2) is 50.0 Å². The molecule has 1 atom stereocenters. The van der Waals surface area contributed by atoms with E-state index in [1.807, 2.05) is 81.4 Å². The second-order valence-electron chi connectivity index (χ2n) is 10.3. The first kappa shape index (κ1) is 31.2. The van der Waals surface area contributed by atoms with Gasteiger partial charge in [0.1, 0.15) is 6.04 Å². The molecule has 0 bridgehead atoms. The highest BCUT2D eigenvalue weighted by Crippen LogP contribution is 2.23. The van der Waals surface area contributed by atoms with Crippen LogP contribution in [0.2, 0.25) is 5.02 Å². The molecule has 0 saturated heterocycles. The van der Waals surface area contributed by atoms with Crippen molar-refractivity contribution in [3.8, 4) is 0 Å². The Bertz CT molecular complexity index is 1380. The predicted molar refractivity (Wildman–Crippen MR) is 162 cm³/mol. The molecule has 40 heavy (non-hydrogen) atoms. The molecule has 0 saturated carbocycles. The second kappa shape index (κ2) is 14.3. The van der Waals surface area contributed by atoms with Crippen LogP contribution in [0.4, 0.5) is 5.69 Å². The number of sulfonamides is 1. The number of aryl methyl sites for hydroxylation is 1. The Morgan fingerprint density at radius 1 is 0.925 bits per heavy atom. The first-order valence-electron chi connectivity index (χ1n) is 13.4. The summed E-state index contributed by atoms with van der Waals surface area (Å²) in [6.45, 7) is 5.97. The minimum absolute atomic E-state index is 0.0581. The molecular weight excluding hydrogens is 546 g/mol. The van der Waals surface area contributed by atoms with Crippen molar-refractivity contribution < 1.29 is 18.0 Å². The highest BCUT2D eigenvalue weighted by Gasteiger charge is 2.31. The van der Waals surface area contributed by atoms with Crippen molar-refractivity contribution in [2.24, 2.45) is 0 Å². The fourth-order valence-electron chi connectivity index (χ4n) is 4.46. The third-order valence-corrected chi connectivity index (χ3v) is 8.04. The highest BCUT2D eigenvalue weighted by molar-refractivity contribution is 7.92. The summed E-state index contributed by atoms with van der Waals surface area (Å²) in [6.07, 6.45) is 1.82. The maximum absolute atomic E-state index is 13.8. The van der Waals surface area contributed by atoms with Crippen molar-refractivity contribution in [3.05, 3.63) is 101 Å². The van der Waals surface area contributed by atoms with E-state index in [9.17, 15) is 18.0 Å². The van der Waals surface area contributed by atoms with Crippen LogP contribution in [0.5, 0.6) is 0 Å². The highest BCUT2D eigenvalue weighted by atomic mass is 35.5. The Hall–Kier alpha value is -3.36. The smallest absolute Gasteiger partial charge is 0.243 e. The number of nitrogens with zero attached hydrogens (tertiary/aromatic N) is 2. The van der Waals surface area contributed by atoms with Gasteiger partial charge in [-0.1, -0.05) is 77.8 Å². The Kier molecular flexibility index (Phi) is 11.2. The van der Waals surface area contributed by atoms with Crippen molar-refractivity contribution >= 4 is 39.1 Å². The van der Waals surface area contributed by atoms with Gasteiger partial charge in [-0.2, -0.15) is 0 Å². The summed E-state index contributed by atoms with van der Waals surface area (Å²) in [7, 11) is -3.56. The SMILES string of the molecule is Cc1ccc(N(CCCC(=O)N(Cc2ccccc2Cl)C(Cc2ccccc2)C(=O)NC(C)C)S(C)(=O)=O)cc1. The maximum Gasteiger partial charge on any atom is 0.243 e. The van der Waals surface area contributed by atoms with Crippen LogP contribution in [-0.2, 0) is 32.6 Å². The van der Waals surface area contributed by atoms with Crippen molar-refractivity contribution in [1.29, 1.82) is 0 Å². The zero-order valence-corrected chi connectivity index (χ0v) is 25.1. The summed E-state index contributed by atoms with van der Waals surface area (Å²) in [5, 5.41) is 3.47. The number of hydrogen-bond donors (Lipinski definition) is 1. The molecule has 0 radical (unpaired) electrons. The first-order valence-corrected chi connectivity index (χ1v) is 15.6. The minimum Gasteiger partial charge on any atom is -0.352 e. The largest absolute Gasteiger partial charge is 0.352 e. The summed E-state index contributed by atoms with van der Waals surface area (Å²) >= 11 is 6.46. The number of amides is 2. The average Bonchev–Trinajstić information content (AvgIpc) is 2.89. The number of halogens is 1. The third kappa shape index (κ3) is 9.10. The van der Waals surface area contributed by atoms with Gasteiger partial charge in [-0.05, 0) is 56.5 Å². The molecule has 1 N–H and O–H groups in total. The maximum atomic E-state index is 13.8. The van der Waals surface area contributed by atoms with Gasteiger partial charge in [0.25, 0.3) is 0 Å². The lowest BCUT2D eigenvalue weighted by Gasteiger charge is -2.32. The van der Waals surface area contributed by atoms with E-state index in [0.717, 1.165) is 22.9 Å². The lowest BCUT2D eigenvalue weighted by molar-refractivity contribution is -0.141. The molecule has 1 unspecified atom stereocenters. The Balaban J connectivity index is 1.88. The number of benzene rings is 3. The lowest BCUT2D eigenvalue weighted by atomic mass is 10.0. The van der Waals surface area contributed by atoms with Crippen molar-refractivity contribution in [1.82, 2.24) is 10.2 Å². The van der Waals surface area contributed by atoms with Crippen LogP contribution >= 0.6 is 11.6 Å². The van der Waals surface area contributed by atoms with Gasteiger partial charge in [0, 0.05) is 37.0 Å². The Morgan fingerprint density at radius 2 is 1.55 bits per heavy atom. The fourth-order valence-corrected chi connectivity index (χ4v) is 5.62. The van der Waals surface area contributed by atoms with Gasteiger partial charge < -0.3 is 10.2 Å². The molecule has 9 heteroatoms. The number of anilines is 1. The number of carbonyl (C=O) groups is 2.